The van der Waals surface area contributed by atoms with Crippen molar-refractivity contribution in [1.29, 1.82) is 5.26 Å². The summed E-state index contributed by atoms with van der Waals surface area (Å²) in [5.74, 6) is 0.473. The fraction of sp³-hybridized carbons (Fsp3) is 0.176. The van der Waals surface area contributed by atoms with Crippen molar-refractivity contribution in [3.05, 3.63) is 58.6 Å². The van der Waals surface area contributed by atoms with Crippen molar-refractivity contribution in [2.75, 3.05) is 18.5 Å². The van der Waals surface area contributed by atoms with E-state index in [-0.39, 0.29) is 19.8 Å². The molecule has 0 aliphatic carbocycles. The number of benzene rings is 2. The van der Waals surface area contributed by atoms with Crippen LogP contribution in [0.15, 0.2) is 42.5 Å². The molecule has 2 rings (SSSR count). The maximum Gasteiger partial charge on any atom is 0.319 e. The van der Waals surface area contributed by atoms with E-state index in [1.807, 2.05) is 6.07 Å². The standard InChI is InChI=1S/C17H16ClN3O3/c18-15-9-14(21-17(23)20-6-7-22)4-5-16(15)24-11-13-3-1-2-12(8-13)10-19/h1-5,8-9,22H,6-7,11H2,(H2,20,21,23). The van der Waals surface area contributed by atoms with Gasteiger partial charge in [-0.3, -0.25) is 0 Å². The van der Waals surface area contributed by atoms with E-state index in [2.05, 4.69) is 16.7 Å². The molecule has 24 heavy (non-hydrogen) atoms. The molecule has 0 spiro atoms. The van der Waals surface area contributed by atoms with E-state index in [0.29, 0.717) is 22.0 Å². The molecule has 124 valence electrons. The molecule has 0 aliphatic rings. The van der Waals surface area contributed by atoms with Gasteiger partial charge < -0.3 is 20.5 Å². The molecule has 0 heterocycles. The van der Waals surface area contributed by atoms with Gasteiger partial charge in [0.25, 0.3) is 0 Å². The smallest absolute Gasteiger partial charge is 0.319 e. The Kier molecular flexibility index (Phi) is 6.43. The van der Waals surface area contributed by atoms with Crippen LogP contribution < -0.4 is 15.4 Å². The quantitative estimate of drug-likeness (QED) is 0.750. The van der Waals surface area contributed by atoms with Crippen molar-refractivity contribution in [3.63, 3.8) is 0 Å². The van der Waals surface area contributed by atoms with Crippen LogP contribution in [0.1, 0.15) is 11.1 Å². The van der Waals surface area contributed by atoms with E-state index in [1.54, 1.807) is 36.4 Å². The minimum atomic E-state index is -0.429. The average molecular weight is 346 g/mol. The zero-order chi connectivity index (χ0) is 17.4. The largest absolute Gasteiger partial charge is 0.487 e. The number of aliphatic hydroxyl groups is 1. The Hall–Kier alpha value is -2.75. The summed E-state index contributed by atoms with van der Waals surface area (Å²) in [6, 6.07) is 13.6. The SMILES string of the molecule is N#Cc1cccc(COc2ccc(NC(=O)NCCO)cc2Cl)c1. The highest BCUT2D eigenvalue weighted by atomic mass is 35.5. The Bertz CT molecular complexity index is 759. The predicted octanol–water partition coefficient (Wildman–Crippen LogP) is 2.90. The number of carbonyl (C=O) groups is 1. The maximum atomic E-state index is 11.5. The van der Waals surface area contributed by atoms with Crippen LogP contribution in [0.2, 0.25) is 5.02 Å². The predicted molar refractivity (Wildman–Crippen MR) is 91.0 cm³/mol. The molecule has 0 aromatic heterocycles. The molecule has 0 bridgehead atoms. The van der Waals surface area contributed by atoms with Gasteiger partial charge in [0.05, 0.1) is 23.3 Å². The third-order valence-corrected chi connectivity index (χ3v) is 3.33. The molecule has 0 fully saturated rings. The highest BCUT2D eigenvalue weighted by Gasteiger charge is 2.06. The molecular weight excluding hydrogens is 330 g/mol. The summed E-state index contributed by atoms with van der Waals surface area (Å²) in [6.45, 7) is 0.315. The number of urea groups is 1. The molecule has 2 aromatic carbocycles. The molecule has 2 amide bonds. The lowest BCUT2D eigenvalue weighted by Crippen LogP contribution is -2.30. The lowest BCUT2D eigenvalue weighted by atomic mass is 10.1. The second-order valence-electron chi connectivity index (χ2n) is 4.85. The molecule has 2 aromatic rings. The summed E-state index contributed by atoms with van der Waals surface area (Å²) in [6.07, 6.45) is 0. The number of rotatable bonds is 6. The number of carbonyl (C=O) groups excluding carboxylic acids is 1. The normalized spacial score (nSPS) is 9.88. The second kappa shape index (κ2) is 8.77. The zero-order valence-corrected chi connectivity index (χ0v) is 13.5. The molecule has 0 saturated carbocycles. The molecule has 6 nitrogen and oxygen atoms in total. The summed E-state index contributed by atoms with van der Waals surface area (Å²) < 4.78 is 5.64. The summed E-state index contributed by atoms with van der Waals surface area (Å²) >= 11 is 6.15. The van der Waals surface area contributed by atoms with Gasteiger partial charge in [-0.15, -0.1) is 0 Å². The summed E-state index contributed by atoms with van der Waals surface area (Å²) in [7, 11) is 0. The lowest BCUT2D eigenvalue weighted by molar-refractivity contribution is 0.245. The minimum absolute atomic E-state index is 0.131. The Morgan fingerprint density at radius 3 is 2.83 bits per heavy atom. The second-order valence-corrected chi connectivity index (χ2v) is 5.26. The van der Waals surface area contributed by atoms with Crippen LogP contribution in [-0.4, -0.2) is 24.3 Å². The van der Waals surface area contributed by atoms with Crippen molar-refractivity contribution in [1.82, 2.24) is 5.32 Å². The van der Waals surface area contributed by atoms with Gasteiger partial charge in [0.1, 0.15) is 12.4 Å². The van der Waals surface area contributed by atoms with Gasteiger partial charge in [0.2, 0.25) is 0 Å². The maximum absolute atomic E-state index is 11.5. The van der Waals surface area contributed by atoms with Gasteiger partial charge in [-0.05, 0) is 35.9 Å². The average Bonchev–Trinajstić information content (AvgIpc) is 2.59. The van der Waals surface area contributed by atoms with Crippen LogP contribution in [0.3, 0.4) is 0 Å². The van der Waals surface area contributed by atoms with Gasteiger partial charge in [-0.25, -0.2) is 4.79 Å². The van der Waals surface area contributed by atoms with Crippen molar-refractivity contribution < 1.29 is 14.6 Å². The first kappa shape index (κ1) is 17.6. The fourth-order valence-corrected chi connectivity index (χ4v) is 2.17. The van der Waals surface area contributed by atoms with Crippen molar-refractivity contribution >= 4 is 23.3 Å². The van der Waals surface area contributed by atoms with Crippen LogP contribution in [0.5, 0.6) is 5.75 Å². The molecule has 0 saturated heterocycles. The van der Waals surface area contributed by atoms with Crippen molar-refractivity contribution in [2.24, 2.45) is 0 Å². The highest BCUT2D eigenvalue weighted by molar-refractivity contribution is 6.32. The Morgan fingerprint density at radius 1 is 1.29 bits per heavy atom. The Balaban J connectivity index is 1.97. The molecule has 0 atom stereocenters. The van der Waals surface area contributed by atoms with E-state index < -0.39 is 6.03 Å². The first-order valence-electron chi connectivity index (χ1n) is 7.19. The summed E-state index contributed by atoms with van der Waals surface area (Å²) in [4.78, 5) is 11.5. The number of nitrogens with zero attached hydrogens (tertiary/aromatic N) is 1. The van der Waals surface area contributed by atoms with Crippen LogP contribution >= 0.6 is 11.6 Å². The first-order chi connectivity index (χ1) is 11.6. The van der Waals surface area contributed by atoms with Crippen LogP contribution in [0.4, 0.5) is 10.5 Å². The van der Waals surface area contributed by atoms with E-state index in [9.17, 15) is 4.79 Å². The molecule has 0 radical (unpaired) electrons. The van der Waals surface area contributed by atoms with E-state index >= 15 is 0 Å². The topological polar surface area (TPSA) is 94.4 Å². The van der Waals surface area contributed by atoms with Crippen LogP contribution in [0.25, 0.3) is 0 Å². The molecule has 0 aliphatic heterocycles. The van der Waals surface area contributed by atoms with Gasteiger partial charge >= 0.3 is 6.03 Å². The van der Waals surface area contributed by atoms with E-state index in [0.717, 1.165) is 5.56 Å². The molecule has 0 unspecified atom stereocenters. The highest BCUT2D eigenvalue weighted by Crippen LogP contribution is 2.28. The molecule has 3 N–H and O–H groups in total. The third-order valence-electron chi connectivity index (χ3n) is 3.04. The monoisotopic (exact) mass is 345 g/mol. The van der Waals surface area contributed by atoms with Crippen LogP contribution in [0, 0.1) is 11.3 Å². The zero-order valence-electron chi connectivity index (χ0n) is 12.8. The van der Waals surface area contributed by atoms with Gasteiger partial charge in [-0.2, -0.15) is 5.26 Å². The Labute approximate surface area is 144 Å². The number of nitriles is 1. The van der Waals surface area contributed by atoms with Crippen molar-refractivity contribution in [3.8, 4) is 11.8 Å². The number of hydrogen-bond donors (Lipinski definition) is 3. The number of amides is 2. The number of nitrogens with one attached hydrogen (secondary N) is 2. The van der Waals surface area contributed by atoms with Crippen LogP contribution in [-0.2, 0) is 6.61 Å². The molecule has 7 heteroatoms. The number of hydrogen-bond acceptors (Lipinski definition) is 4. The first-order valence-corrected chi connectivity index (χ1v) is 7.57. The lowest BCUT2D eigenvalue weighted by Gasteiger charge is -2.11. The summed E-state index contributed by atoms with van der Waals surface area (Å²) in [5.41, 5.74) is 1.93. The number of anilines is 1. The number of halogens is 1. The van der Waals surface area contributed by atoms with Gasteiger partial charge in [0.15, 0.2) is 0 Å². The van der Waals surface area contributed by atoms with E-state index in [4.69, 9.17) is 26.7 Å². The summed E-state index contributed by atoms with van der Waals surface area (Å²) in [5, 5.41) is 23.0. The fourth-order valence-electron chi connectivity index (χ4n) is 1.93. The number of ether oxygens (including phenoxy) is 1. The van der Waals surface area contributed by atoms with E-state index in [1.165, 1.54) is 0 Å². The minimum Gasteiger partial charge on any atom is -0.487 e. The third kappa shape index (κ3) is 5.16. The van der Waals surface area contributed by atoms with Gasteiger partial charge in [0, 0.05) is 12.2 Å². The van der Waals surface area contributed by atoms with Gasteiger partial charge in [-0.1, -0.05) is 23.7 Å². The molecular formula is C17H16ClN3O3. The Morgan fingerprint density at radius 2 is 2.12 bits per heavy atom. The van der Waals surface area contributed by atoms with Crippen molar-refractivity contribution in [2.45, 2.75) is 6.61 Å². The number of aliphatic hydroxyl groups excluding tert-OH is 1.